The van der Waals surface area contributed by atoms with Crippen LogP contribution < -0.4 is 10.1 Å². The Morgan fingerprint density at radius 3 is 2.32 bits per heavy atom. The van der Waals surface area contributed by atoms with E-state index in [9.17, 15) is 4.79 Å². The molecule has 0 bridgehead atoms. The highest BCUT2D eigenvalue weighted by Crippen LogP contribution is 2.15. The molecule has 0 radical (unpaired) electrons. The smallest absolute Gasteiger partial charge is 0.183 e. The van der Waals surface area contributed by atoms with E-state index in [1.807, 2.05) is 56.3 Å². The molecule has 0 aliphatic rings. The lowest BCUT2D eigenvalue weighted by molar-refractivity contribution is -0.120. The van der Waals surface area contributed by atoms with E-state index in [2.05, 4.69) is 11.4 Å². The summed E-state index contributed by atoms with van der Waals surface area (Å²) in [5, 5.41) is 3.13. The number of nitrogens with one attached hydrogen (secondary N) is 1. The number of carbonyl (C=O) groups excluding carboxylic acids is 1. The monoisotopic (exact) mass is 319 g/mol. The van der Waals surface area contributed by atoms with Crippen LogP contribution in [0.4, 0.5) is 0 Å². The second-order valence-corrected chi connectivity index (χ2v) is 5.24. The molecule has 0 saturated heterocycles. The van der Waals surface area contributed by atoms with Crippen molar-refractivity contribution in [3.05, 3.63) is 65.2 Å². The standard InChI is InChI=1S/C18H21NO2.ClH/c1-14-8-15(2)10-18(9-14)21-13-17(20)12-19-11-16-6-4-3-5-7-16;/h3-10,19H,11-13H2,1-2H3;1H. The van der Waals surface area contributed by atoms with Gasteiger partial charge in [-0.05, 0) is 42.7 Å². The summed E-state index contributed by atoms with van der Waals surface area (Å²) in [6, 6.07) is 16.0. The molecule has 2 aromatic carbocycles. The van der Waals surface area contributed by atoms with Crippen LogP contribution in [0, 0.1) is 13.8 Å². The van der Waals surface area contributed by atoms with Gasteiger partial charge in [-0.15, -0.1) is 12.4 Å². The topological polar surface area (TPSA) is 38.3 Å². The molecule has 0 atom stereocenters. The number of benzene rings is 2. The number of hydrogen-bond donors (Lipinski definition) is 1. The van der Waals surface area contributed by atoms with Crippen LogP contribution in [0.3, 0.4) is 0 Å². The Morgan fingerprint density at radius 1 is 1.05 bits per heavy atom. The van der Waals surface area contributed by atoms with Crippen molar-refractivity contribution in [3.8, 4) is 5.75 Å². The highest BCUT2D eigenvalue weighted by Gasteiger charge is 2.04. The molecule has 0 saturated carbocycles. The Kier molecular flexibility index (Phi) is 7.64. The van der Waals surface area contributed by atoms with E-state index in [-0.39, 0.29) is 24.8 Å². The summed E-state index contributed by atoms with van der Waals surface area (Å²) in [5.41, 5.74) is 3.44. The van der Waals surface area contributed by atoms with Crippen molar-refractivity contribution in [2.45, 2.75) is 20.4 Å². The Labute approximate surface area is 138 Å². The van der Waals surface area contributed by atoms with Gasteiger partial charge in [0.2, 0.25) is 0 Å². The second-order valence-electron chi connectivity index (χ2n) is 5.24. The lowest BCUT2D eigenvalue weighted by Gasteiger charge is -2.08. The van der Waals surface area contributed by atoms with Crippen molar-refractivity contribution >= 4 is 18.2 Å². The highest BCUT2D eigenvalue weighted by atomic mass is 35.5. The van der Waals surface area contributed by atoms with Gasteiger partial charge in [0, 0.05) is 6.54 Å². The van der Waals surface area contributed by atoms with Gasteiger partial charge in [0.1, 0.15) is 12.4 Å². The summed E-state index contributed by atoms with van der Waals surface area (Å²) in [6.45, 7) is 5.15. The Morgan fingerprint density at radius 2 is 1.68 bits per heavy atom. The van der Waals surface area contributed by atoms with Crippen molar-refractivity contribution < 1.29 is 9.53 Å². The van der Waals surface area contributed by atoms with Crippen molar-refractivity contribution in [1.82, 2.24) is 5.32 Å². The second kappa shape index (κ2) is 9.23. The molecular formula is C18H22ClNO2. The van der Waals surface area contributed by atoms with E-state index in [1.54, 1.807) is 0 Å². The van der Waals surface area contributed by atoms with Crippen LogP contribution in [0.5, 0.6) is 5.75 Å². The molecule has 0 spiro atoms. The van der Waals surface area contributed by atoms with Gasteiger partial charge in [-0.25, -0.2) is 0 Å². The van der Waals surface area contributed by atoms with Crippen molar-refractivity contribution in [3.63, 3.8) is 0 Å². The molecule has 22 heavy (non-hydrogen) atoms. The molecule has 118 valence electrons. The number of Topliss-reactive ketones (excluding diaryl/α,β-unsaturated/α-hetero) is 1. The molecular weight excluding hydrogens is 298 g/mol. The first-order valence-corrected chi connectivity index (χ1v) is 7.11. The maximum atomic E-state index is 11.8. The number of carbonyl (C=O) groups is 1. The van der Waals surface area contributed by atoms with E-state index in [4.69, 9.17) is 4.74 Å². The van der Waals surface area contributed by atoms with Crippen molar-refractivity contribution in [2.24, 2.45) is 0 Å². The molecule has 0 amide bonds. The van der Waals surface area contributed by atoms with Crippen LogP contribution >= 0.6 is 12.4 Å². The Hall–Kier alpha value is -1.84. The molecule has 2 aromatic rings. The third-order valence-corrected chi connectivity index (χ3v) is 3.09. The molecule has 0 fully saturated rings. The quantitative estimate of drug-likeness (QED) is 0.849. The molecule has 0 aliphatic heterocycles. The van der Waals surface area contributed by atoms with Gasteiger partial charge in [-0.1, -0.05) is 36.4 Å². The highest BCUT2D eigenvalue weighted by molar-refractivity contribution is 5.85. The summed E-state index contributed by atoms with van der Waals surface area (Å²) in [4.78, 5) is 11.8. The summed E-state index contributed by atoms with van der Waals surface area (Å²) >= 11 is 0. The molecule has 2 rings (SSSR count). The first-order chi connectivity index (χ1) is 10.1. The minimum absolute atomic E-state index is 0. The fraction of sp³-hybridized carbons (Fsp3) is 0.278. The summed E-state index contributed by atoms with van der Waals surface area (Å²) in [5.74, 6) is 0.800. The first-order valence-electron chi connectivity index (χ1n) is 7.11. The summed E-state index contributed by atoms with van der Waals surface area (Å²) < 4.78 is 5.54. The van der Waals surface area contributed by atoms with Crippen LogP contribution in [0.15, 0.2) is 48.5 Å². The van der Waals surface area contributed by atoms with Gasteiger partial charge >= 0.3 is 0 Å². The Bertz CT molecular complexity index is 579. The van der Waals surface area contributed by atoms with E-state index >= 15 is 0 Å². The maximum absolute atomic E-state index is 11.8. The fourth-order valence-corrected chi connectivity index (χ4v) is 2.17. The zero-order valence-electron chi connectivity index (χ0n) is 13.0. The van der Waals surface area contributed by atoms with Gasteiger partial charge in [0.15, 0.2) is 5.78 Å². The normalized spacial score (nSPS) is 9.91. The van der Waals surface area contributed by atoms with E-state index < -0.39 is 0 Å². The number of halogens is 1. The van der Waals surface area contributed by atoms with Crippen molar-refractivity contribution in [1.29, 1.82) is 0 Å². The van der Waals surface area contributed by atoms with Gasteiger partial charge < -0.3 is 10.1 Å². The average molecular weight is 320 g/mol. The molecule has 3 nitrogen and oxygen atoms in total. The lowest BCUT2D eigenvalue weighted by Crippen LogP contribution is -2.26. The molecule has 0 unspecified atom stereocenters. The molecule has 0 heterocycles. The number of rotatable bonds is 7. The van der Waals surface area contributed by atoms with E-state index in [0.717, 1.165) is 16.9 Å². The fourth-order valence-electron chi connectivity index (χ4n) is 2.17. The number of ether oxygens (including phenoxy) is 1. The van der Waals surface area contributed by atoms with Crippen LogP contribution in [-0.2, 0) is 11.3 Å². The van der Waals surface area contributed by atoms with Gasteiger partial charge in [0.05, 0.1) is 6.54 Å². The number of aryl methyl sites for hydroxylation is 2. The van der Waals surface area contributed by atoms with Crippen LogP contribution in [0.1, 0.15) is 16.7 Å². The van der Waals surface area contributed by atoms with Crippen LogP contribution in [0.2, 0.25) is 0 Å². The summed E-state index contributed by atoms with van der Waals surface area (Å²) in [7, 11) is 0. The molecule has 1 N–H and O–H groups in total. The van der Waals surface area contributed by atoms with Crippen LogP contribution in [0.25, 0.3) is 0 Å². The zero-order valence-corrected chi connectivity index (χ0v) is 13.8. The van der Waals surface area contributed by atoms with Crippen molar-refractivity contribution in [2.75, 3.05) is 13.2 Å². The Balaban J connectivity index is 0.00000242. The predicted octanol–water partition coefficient (Wildman–Crippen LogP) is 3.46. The maximum Gasteiger partial charge on any atom is 0.183 e. The number of hydrogen-bond acceptors (Lipinski definition) is 3. The SMILES string of the molecule is Cc1cc(C)cc(OCC(=O)CNCc2ccccc2)c1.Cl. The molecule has 0 aromatic heterocycles. The van der Waals surface area contributed by atoms with E-state index in [0.29, 0.717) is 13.1 Å². The minimum Gasteiger partial charge on any atom is -0.486 e. The number of ketones is 1. The third kappa shape index (κ3) is 6.29. The molecule has 4 heteroatoms. The largest absolute Gasteiger partial charge is 0.486 e. The minimum atomic E-state index is 0. The lowest BCUT2D eigenvalue weighted by atomic mass is 10.1. The van der Waals surface area contributed by atoms with Gasteiger partial charge in [-0.2, -0.15) is 0 Å². The van der Waals surface area contributed by atoms with Crippen LogP contribution in [-0.4, -0.2) is 18.9 Å². The predicted molar refractivity (Wildman–Crippen MR) is 91.8 cm³/mol. The van der Waals surface area contributed by atoms with E-state index in [1.165, 1.54) is 5.56 Å². The summed E-state index contributed by atoms with van der Waals surface area (Å²) in [6.07, 6.45) is 0. The zero-order chi connectivity index (χ0) is 15.1. The third-order valence-electron chi connectivity index (χ3n) is 3.09. The van der Waals surface area contributed by atoms with Gasteiger partial charge in [0.25, 0.3) is 0 Å². The van der Waals surface area contributed by atoms with Gasteiger partial charge in [-0.3, -0.25) is 4.79 Å². The average Bonchev–Trinajstić information content (AvgIpc) is 2.45. The molecule has 0 aliphatic carbocycles. The first kappa shape index (κ1) is 18.2.